The Morgan fingerprint density at radius 3 is 2.16 bits per heavy atom. The maximum atomic E-state index is 12.4. The van der Waals surface area contributed by atoms with Crippen molar-refractivity contribution >= 4 is 30.3 Å². The highest BCUT2D eigenvalue weighted by Crippen LogP contribution is 2.37. The van der Waals surface area contributed by atoms with E-state index in [2.05, 4.69) is 19.2 Å². The minimum absolute atomic E-state index is 0.250. The Morgan fingerprint density at radius 2 is 1.69 bits per heavy atom. The summed E-state index contributed by atoms with van der Waals surface area (Å²) >= 11 is 6.53. The van der Waals surface area contributed by atoms with Crippen molar-refractivity contribution in [2.45, 2.75) is 98.0 Å². The molecule has 0 aliphatic carbocycles. The van der Waals surface area contributed by atoms with Crippen LogP contribution in [0, 0.1) is 5.92 Å². The van der Waals surface area contributed by atoms with E-state index in [-0.39, 0.29) is 6.61 Å². The molecule has 1 amide bonds. The van der Waals surface area contributed by atoms with Crippen molar-refractivity contribution < 1.29 is 23.6 Å². The maximum Gasteiger partial charge on any atom is 0.494 e. The molecule has 0 spiro atoms. The lowest BCUT2D eigenvalue weighted by Crippen LogP contribution is -2.52. The summed E-state index contributed by atoms with van der Waals surface area (Å²) in [7, 11) is -0.494. The summed E-state index contributed by atoms with van der Waals surface area (Å²) in [5, 5.41) is 3.44. The van der Waals surface area contributed by atoms with Gasteiger partial charge in [-0.3, -0.25) is 0 Å². The van der Waals surface area contributed by atoms with E-state index >= 15 is 0 Å². The minimum Gasteiger partial charge on any atom is -0.490 e. The minimum atomic E-state index is -0.621. The lowest BCUT2D eigenvalue weighted by Gasteiger charge is -2.33. The molecule has 1 aliphatic heterocycles. The fourth-order valence-corrected chi connectivity index (χ4v) is 3.84. The first-order chi connectivity index (χ1) is 14.4. The van der Waals surface area contributed by atoms with Gasteiger partial charge >= 0.3 is 13.2 Å². The zero-order valence-corrected chi connectivity index (χ0v) is 22.0. The van der Waals surface area contributed by atoms with E-state index in [1.807, 2.05) is 67.5 Å². The van der Waals surface area contributed by atoms with Crippen LogP contribution in [-0.2, 0) is 14.0 Å². The number of carbonyl (C=O) groups is 1. The van der Waals surface area contributed by atoms with E-state index in [0.29, 0.717) is 16.7 Å². The first-order valence-corrected chi connectivity index (χ1v) is 11.6. The lowest BCUT2D eigenvalue weighted by atomic mass is 9.79. The van der Waals surface area contributed by atoms with Crippen molar-refractivity contribution in [3.8, 4) is 5.75 Å². The first kappa shape index (κ1) is 26.8. The Labute approximate surface area is 198 Å². The van der Waals surface area contributed by atoms with Crippen molar-refractivity contribution in [3.63, 3.8) is 0 Å². The zero-order valence-electron chi connectivity index (χ0n) is 21.2. The van der Waals surface area contributed by atoms with Gasteiger partial charge in [0.1, 0.15) is 18.0 Å². The predicted molar refractivity (Wildman–Crippen MR) is 130 cm³/mol. The average molecular weight is 468 g/mol. The highest BCUT2D eigenvalue weighted by atomic mass is 35.5. The molecule has 1 saturated heterocycles. The SMILES string of the molecule is CC(C)CC(C)(COc1ccc(B2OC(C)(C)C(C)(C)O2)cc1Cl)NC(=O)OC(C)(C)C. The molecule has 8 heteroatoms. The number of carbonyl (C=O) groups excluding carboxylic acids is 1. The van der Waals surface area contributed by atoms with Gasteiger partial charge in [0, 0.05) is 0 Å². The smallest absolute Gasteiger partial charge is 0.490 e. The quantitative estimate of drug-likeness (QED) is 0.548. The third-order valence-electron chi connectivity index (χ3n) is 5.69. The first-order valence-electron chi connectivity index (χ1n) is 11.2. The van der Waals surface area contributed by atoms with Crippen LogP contribution in [0.25, 0.3) is 0 Å². The third kappa shape index (κ3) is 7.03. The van der Waals surface area contributed by atoms with Gasteiger partial charge in [-0.1, -0.05) is 31.5 Å². The summed E-state index contributed by atoms with van der Waals surface area (Å²) in [4.78, 5) is 12.4. The predicted octanol–water partition coefficient (Wildman–Crippen LogP) is 5.35. The van der Waals surface area contributed by atoms with Crippen molar-refractivity contribution in [3.05, 3.63) is 23.2 Å². The molecule has 0 bridgehead atoms. The zero-order chi connectivity index (χ0) is 24.5. The number of hydrogen-bond donors (Lipinski definition) is 1. The van der Waals surface area contributed by atoms with Gasteiger partial charge in [-0.05, 0) is 85.3 Å². The Kier molecular flexibility index (Phi) is 7.91. The molecule has 1 N–H and O–H groups in total. The maximum absolute atomic E-state index is 12.4. The van der Waals surface area contributed by atoms with E-state index in [9.17, 15) is 4.79 Å². The van der Waals surface area contributed by atoms with E-state index in [0.717, 1.165) is 11.9 Å². The molecular formula is C24H39BClNO5. The monoisotopic (exact) mass is 467 g/mol. The molecule has 1 aliphatic rings. The van der Waals surface area contributed by atoms with Crippen LogP contribution in [0.3, 0.4) is 0 Å². The molecule has 1 unspecified atom stereocenters. The van der Waals surface area contributed by atoms with Crippen LogP contribution in [0.5, 0.6) is 5.75 Å². The molecule has 6 nitrogen and oxygen atoms in total. The van der Waals surface area contributed by atoms with Crippen LogP contribution in [0.4, 0.5) is 4.79 Å². The van der Waals surface area contributed by atoms with Crippen LogP contribution in [0.15, 0.2) is 18.2 Å². The number of halogens is 1. The molecule has 1 aromatic rings. The van der Waals surface area contributed by atoms with Gasteiger partial charge in [0.15, 0.2) is 0 Å². The number of hydrogen-bond acceptors (Lipinski definition) is 5. The van der Waals surface area contributed by atoms with Crippen LogP contribution in [0.2, 0.25) is 5.02 Å². The number of alkyl carbamates (subject to hydrolysis) is 1. The molecule has 2 rings (SSSR count). The second-order valence-corrected chi connectivity index (χ2v) is 11.8. The fourth-order valence-electron chi connectivity index (χ4n) is 3.59. The molecule has 1 aromatic carbocycles. The van der Waals surface area contributed by atoms with Crippen LogP contribution in [-0.4, -0.2) is 42.2 Å². The summed E-state index contributed by atoms with van der Waals surface area (Å²) in [5.74, 6) is 0.882. The molecule has 0 radical (unpaired) electrons. The number of nitrogens with one attached hydrogen (secondary N) is 1. The van der Waals surface area contributed by atoms with E-state index in [1.165, 1.54) is 0 Å². The van der Waals surface area contributed by atoms with Gasteiger partial charge in [-0.15, -0.1) is 0 Å². The molecule has 32 heavy (non-hydrogen) atoms. The van der Waals surface area contributed by atoms with Crippen LogP contribution in [0.1, 0.15) is 75.7 Å². The van der Waals surface area contributed by atoms with Crippen molar-refractivity contribution in [1.29, 1.82) is 0 Å². The van der Waals surface area contributed by atoms with Crippen molar-refractivity contribution in [1.82, 2.24) is 5.32 Å². The largest absolute Gasteiger partial charge is 0.494 e. The second-order valence-electron chi connectivity index (χ2n) is 11.4. The molecule has 1 atom stereocenters. The fraction of sp³-hybridized carbons (Fsp3) is 0.708. The number of benzene rings is 1. The third-order valence-corrected chi connectivity index (χ3v) is 5.98. The number of ether oxygens (including phenoxy) is 2. The Bertz CT molecular complexity index is 805. The molecule has 0 saturated carbocycles. The second kappa shape index (κ2) is 9.44. The summed E-state index contributed by atoms with van der Waals surface area (Å²) in [6, 6.07) is 5.51. The highest BCUT2D eigenvalue weighted by molar-refractivity contribution is 6.62. The van der Waals surface area contributed by atoms with Gasteiger partial charge in [-0.25, -0.2) is 4.79 Å². The standard InChI is InChI=1S/C24H39BClNO5/c1-16(2)14-24(10,27-20(28)30-21(3,4)5)15-29-19-12-11-17(13-18(19)26)25-31-22(6,7)23(8,9)32-25/h11-13,16H,14-15H2,1-10H3,(H,27,28). The Hall–Kier alpha value is -1.44. The van der Waals surface area contributed by atoms with Gasteiger partial charge in [-0.2, -0.15) is 0 Å². The van der Waals surface area contributed by atoms with E-state index in [4.69, 9.17) is 30.4 Å². The number of rotatable bonds is 7. The van der Waals surface area contributed by atoms with Gasteiger partial charge < -0.3 is 24.1 Å². The molecule has 1 fully saturated rings. The van der Waals surface area contributed by atoms with E-state index in [1.54, 1.807) is 6.07 Å². The lowest BCUT2D eigenvalue weighted by molar-refractivity contribution is 0.00578. The summed E-state index contributed by atoms with van der Waals surface area (Å²) in [5.41, 5.74) is -1.21. The van der Waals surface area contributed by atoms with Crippen molar-refractivity contribution in [2.24, 2.45) is 5.92 Å². The topological polar surface area (TPSA) is 66.0 Å². The van der Waals surface area contributed by atoms with E-state index < -0.39 is 35.6 Å². The Morgan fingerprint density at radius 1 is 1.12 bits per heavy atom. The normalized spacial score (nSPS) is 19.6. The molecule has 0 aromatic heterocycles. The summed E-state index contributed by atoms with van der Waals surface area (Å²) < 4.78 is 23.7. The van der Waals surface area contributed by atoms with Crippen LogP contribution < -0.4 is 15.5 Å². The molecule has 180 valence electrons. The Balaban J connectivity index is 2.11. The van der Waals surface area contributed by atoms with Gasteiger partial charge in [0.2, 0.25) is 0 Å². The van der Waals surface area contributed by atoms with Crippen LogP contribution >= 0.6 is 11.6 Å². The molecular weight excluding hydrogens is 429 g/mol. The molecule has 1 heterocycles. The van der Waals surface area contributed by atoms with Crippen molar-refractivity contribution in [2.75, 3.05) is 6.61 Å². The number of amides is 1. The average Bonchev–Trinajstić information content (AvgIpc) is 2.78. The summed E-state index contributed by atoms with van der Waals surface area (Å²) in [6.07, 6.45) is 0.252. The van der Waals surface area contributed by atoms with Gasteiger partial charge in [0.05, 0.1) is 21.8 Å². The summed E-state index contributed by atoms with van der Waals surface area (Å²) in [6.45, 7) is 20.0. The highest BCUT2D eigenvalue weighted by Gasteiger charge is 2.51. The van der Waals surface area contributed by atoms with Gasteiger partial charge in [0.25, 0.3) is 0 Å².